The maximum absolute atomic E-state index is 13.4. The Morgan fingerprint density at radius 3 is 2.64 bits per heavy atom. The SMILES string of the molecule is CCC1CCC(N[C@@H]2CCC[C@@H]2F)C1. The second kappa shape index (κ2) is 4.61. The van der Waals surface area contributed by atoms with E-state index in [1.54, 1.807) is 0 Å². The summed E-state index contributed by atoms with van der Waals surface area (Å²) in [7, 11) is 0. The minimum absolute atomic E-state index is 0.176. The van der Waals surface area contributed by atoms with Gasteiger partial charge >= 0.3 is 0 Å². The Balaban J connectivity index is 1.75. The van der Waals surface area contributed by atoms with E-state index >= 15 is 0 Å². The standard InChI is InChI=1S/C12H22FN/c1-2-9-6-7-10(8-9)14-12-5-3-4-11(12)13/h9-12,14H,2-8H2,1H3/t9?,10?,11-,12+/m0/s1. The Morgan fingerprint density at radius 1 is 1.21 bits per heavy atom. The van der Waals surface area contributed by atoms with Gasteiger partial charge in [-0.3, -0.25) is 0 Å². The van der Waals surface area contributed by atoms with Crippen LogP contribution in [0, 0.1) is 5.92 Å². The Kier molecular flexibility index (Phi) is 3.42. The summed E-state index contributed by atoms with van der Waals surface area (Å²) in [5.74, 6) is 0.895. The summed E-state index contributed by atoms with van der Waals surface area (Å²) in [4.78, 5) is 0. The molecule has 2 heteroatoms. The van der Waals surface area contributed by atoms with Crippen LogP contribution in [0.15, 0.2) is 0 Å². The van der Waals surface area contributed by atoms with Crippen LogP contribution in [0.3, 0.4) is 0 Å². The first-order chi connectivity index (χ1) is 6.79. The molecule has 0 saturated heterocycles. The molecule has 4 atom stereocenters. The number of hydrogen-bond donors (Lipinski definition) is 1. The molecular formula is C12H22FN. The molecule has 0 aromatic carbocycles. The van der Waals surface area contributed by atoms with Gasteiger partial charge < -0.3 is 5.32 Å². The Hall–Kier alpha value is -0.110. The van der Waals surface area contributed by atoms with Crippen LogP contribution in [-0.2, 0) is 0 Å². The van der Waals surface area contributed by atoms with Crippen LogP contribution >= 0.6 is 0 Å². The van der Waals surface area contributed by atoms with E-state index in [4.69, 9.17) is 0 Å². The third-order valence-corrected chi connectivity index (χ3v) is 4.00. The molecule has 14 heavy (non-hydrogen) atoms. The maximum Gasteiger partial charge on any atom is 0.115 e. The molecule has 2 saturated carbocycles. The first kappa shape index (κ1) is 10.4. The predicted octanol–water partition coefficient (Wildman–Crippen LogP) is 3.05. The Morgan fingerprint density at radius 2 is 2.07 bits per heavy atom. The van der Waals surface area contributed by atoms with Gasteiger partial charge in [-0.05, 0) is 44.4 Å². The van der Waals surface area contributed by atoms with Crippen molar-refractivity contribution in [1.29, 1.82) is 0 Å². The zero-order valence-corrected chi connectivity index (χ0v) is 9.14. The van der Waals surface area contributed by atoms with Crippen molar-refractivity contribution in [2.45, 2.75) is 70.1 Å². The molecule has 0 radical (unpaired) electrons. The van der Waals surface area contributed by atoms with Crippen molar-refractivity contribution in [3.63, 3.8) is 0 Å². The molecule has 0 aliphatic heterocycles. The van der Waals surface area contributed by atoms with E-state index in [2.05, 4.69) is 12.2 Å². The molecule has 0 heterocycles. The van der Waals surface area contributed by atoms with Gasteiger partial charge in [0.15, 0.2) is 0 Å². The largest absolute Gasteiger partial charge is 0.308 e. The zero-order valence-electron chi connectivity index (χ0n) is 9.14. The van der Waals surface area contributed by atoms with Gasteiger partial charge in [-0.2, -0.15) is 0 Å². The van der Waals surface area contributed by atoms with Crippen molar-refractivity contribution >= 4 is 0 Å². The molecule has 2 unspecified atom stereocenters. The van der Waals surface area contributed by atoms with Crippen molar-refractivity contribution in [2.75, 3.05) is 0 Å². The lowest BCUT2D eigenvalue weighted by Crippen LogP contribution is -2.40. The molecule has 0 amide bonds. The smallest absolute Gasteiger partial charge is 0.115 e. The van der Waals surface area contributed by atoms with Crippen molar-refractivity contribution < 1.29 is 4.39 Å². The first-order valence-corrected chi connectivity index (χ1v) is 6.19. The van der Waals surface area contributed by atoms with E-state index in [9.17, 15) is 4.39 Å². The van der Waals surface area contributed by atoms with Gasteiger partial charge in [0.05, 0.1) is 0 Å². The van der Waals surface area contributed by atoms with Crippen LogP contribution in [-0.4, -0.2) is 18.3 Å². The van der Waals surface area contributed by atoms with Gasteiger partial charge in [0.1, 0.15) is 6.17 Å². The van der Waals surface area contributed by atoms with Gasteiger partial charge in [-0.1, -0.05) is 13.3 Å². The number of alkyl halides is 1. The van der Waals surface area contributed by atoms with Gasteiger partial charge in [-0.25, -0.2) is 4.39 Å². The topological polar surface area (TPSA) is 12.0 Å². The molecule has 2 aliphatic carbocycles. The van der Waals surface area contributed by atoms with E-state index in [0.717, 1.165) is 25.2 Å². The fraction of sp³-hybridized carbons (Fsp3) is 1.00. The molecule has 1 N–H and O–H groups in total. The van der Waals surface area contributed by atoms with Crippen LogP contribution in [0.25, 0.3) is 0 Å². The lowest BCUT2D eigenvalue weighted by Gasteiger charge is -2.20. The lowest BCUT2D eigenvalue weighted by atomic mass is 10.1. The van der Waals surface area contributed by atoms with Crippen LogP contribution in [0.4, 0.5) is 4.39 Å². The summed E-state index contributed by atoms with van der Waals surface area (Å²) < 4.78 is 13.4. The highest BCUT2D eigenvalue weighted by atomic mass is 19.1. The van der Waals surface area contributed by atoms with Crippen molar-refractivity contribution in [3.05, 3.63) is 0 Å². The minimum atomic E-state index is -0.573. The zero-order chi connectivity index (χ0) is 9.97. The van der Waals surface area contributed by atoms with E-state index < -0.39 is 6.17 Å². The minimum Gasteiger partial charge on any atom is -0.308 e. The summed E-state index contributed by atoms with van der Waals surface area (Å²) in [6.45, 7) is 2.26. The summed E-state index contributed by atoms with van der Waals surface area (Å²) in [5, 5.41) is 3.52. The van der Waals surface area contributed by atoms with Gasteiger partial charge in [0.25, 0.3) is 0 Å². The molecule has 0 aromatic heterocycles. The van der Waals surface area contributed by atoms with Gasteiger partial charge in [0, 0.05) is 12.1 Å². The van der Waals surface area contributed by atoms with E-state index in [0.29, 0.717) is 6.04 Å². The first-order valence-electron chi connectivity index (χ1n) is 6.19. The number of hydrogen-bond acceptors (Lipinski definition) is 1. The summed E-state index contributed by atoms with van der Waals surface area (Å²) >= 11 is 0. The molecule has 2 fully saturated rings. The van der Waals surface area contributed by atoms with Crippen molar-refractivity contribution in [2.24, 2.45) is 5.92 Å². The van der Waals surface area contributed by atoms with Crippen LogP contribution in [0.2, 0.25) is 0 Å². The lowest BCUT2D eigenvalue weighted by molar-refractivity contribution is 0.262. The molecule has 0 spiro atoms. The van der Waals surface area contributed by atoms with Crippen LogP contribution in [0.1, 0.15) is 51.9 Å². The highest BCUT2D eigenvalue weighted by Crippen LogP contribution is 2.30. The summed E-state index contributed by atoms with van der Waals surface area (Å²) in [6.07, 6.45) is 7.51. The highest BCUT2D eigenvalue weighted by Gasteiger charge is 2.31. The Bertz CT molecular complexity index is 183. The molecule has 2 rings (SSSR count). The second-order valence-electron chi connectivity index (χ2n) is 5.00. The predicted molar refractivity (Wildman–Crippen MR) is 57.1 cm³/mol. The molecule has 82 valence electrons. The fourth-order valence-electron chi connectivity index (χ4n) is 3.00. The summed E-state index contributed by atoms with van der Waals surface area (Å²) in [5.41, 5.74) is 0. The number of halogens is 1. The normalized spacial score (nSPS) is 43.3. The number of nitrogens with one attached hydrogen (secondary N) is 1. The third-order valence-electron chi connectivity index (χ3n) is 4.00. The molecular weight excluding hydrogens is 177 g/mol. The van der Waals surface area contributed by atoms with Crippen LogP contribution < -0.4 is 5.32 Å². The quantitative estimate of drug-likeness (QED) is 0.736. The van der Waals surface area contributed by atoms with Gasteiger partial charge in [-0.15, -0.1) is 0 Å². The number of rotatable bonds is 3. The monoisotopic (exact) mass is 199 g/mol. The highest BCUT2D eigenvalue weighted by molar-refractivity contribution is 4.89. The van der Waals surface area contributed by atoms with E-state index in [1.807, 2.05) is 0 Å². The molecule has 1 nitrogen and oxygen atoms in total. The third kappa shape index (κ3) is 2.28. The average molecular weight is 199 g/mol. The Labute approximate surface area is 86.5 Å². The molecule has 0 aromatic rings. The average Bonchev–Trinajstić information content (AvgIpc) is 2.77. The van der Waals surface area contributed by atoms with Crippen LogP contribution in [0.5, 0.6) is 0 Å². The van der Waals surface area contributed by atoms with E-state index in [1.165, 1.54) is 25.7 Å². The molecule has 2 aliphatic rings. The fourth-order valence-corrected chi connectivity index (χ4v) is 3.00. The van der Waals surface area contributed by atoms with Crippen molar-refractivity contribution in [1.82, 2.24) is 5.32 Å². The van der Waals surface area contributed by atoms with E-state index in [-0.39, 0.29) is 6.04 Å². The maximum atomic E-state index is 13.4. The van der Waals surface area contributed by atoms with Gasteiger partial charge in [0.2, 0.25) is 0 Å². The second-order valence-corrected chi connectivity index (χ2v) is 5.00. The molecule has 0 bridgehead atoms. The summed E-state index contributed by atoms with van der Waals surface area (Å²) in [6, 6.07) is 0.789. The van der Waals surface area contributed by atoms with Crippen molar-refractivity contribution in [3.8, 4) is 0 Å².